The van der Waals surface area contributed by atoms with E-state index in [1.54, 1.807) is 19.6 Å². The fourth-order valence-corrected chi connectivity index (χ4v) is 2.82. The Hall–Kier alpha value is -2.34. The van der Waals surface area contributed by atoms with Crippen molar-refractivity contribution in [2.24, 2.45) is 0 Å². The Bertz CT molecular complexity index is 645. The Morgan fingerprint density at radius 3 is 2.83 bits per heavy atom. The van der Waals surface area contributed by atoms with E-state index >= 15 is 0 Å². The van der Waals surface area contributed by atoms with Gasteiger partial charge in [0.2, 0.25) is 0 Å². The van der Waals surface area contributed by atoms with Crippen LogP contribution in [0.2, 0.25) is 0 Å². The molecule has 0 unspecified atom stereocenters. The molecule has 0 saturated heterocycles. The number of rotatable bonds is 6. The highest BCUT2D eigenvalue weighted by Gasteiger charge is 2.37. The number of carbonyl (C=O) groups excluding carboxylic acids is 1. The molecule has 0 bridgehead atoms. The van der Waals surface area contributed by atoms with Crippen LogP contribution < -0.4 is 10.6 Å². The highest BCUT2D eigenvalue weighted by Crippen LogP contribution is 2.34. The molecule has 6 heteroatoms. The Balaban J connectivity index is 1.55. The summed E-state index contributed by atoms with van der Waals surface area (Å²) in [6, 6.07) is 7.76. The summed E-state index contributed by atoms with van der Waals surface area (Å²) in [6.45, 7) is 1.01. The predicted octanol–water partition coefficient (Wildman–Crippen LogP) is 2.24. The number of ether oxygens (including phenoxy) is 1. The summed E-state index contributed by atoms with van der Waals surface area (Å²) in [5.74, 6) is 0. The monoisotopic (exact) mass is 314 g/mol. The zero-order valence-electron chi connectivity index (χ0n) is 13.3. The molecule has 0 spiro atoms. The third-order valence-electron chi connectivity index (χ3n) is 4.48. The van der Waals surface area contributed by atoms with Gasteiger partial charge in [0, 0.05) is 32.6 Å². The van der Waals surface area contributed by atoms with Crippen molar-refractivity contribution >= 4 is 6.03 Å². The van der Waals surface area contributed by atoms with Gasteiger partial charge in [-0.2, -0.15) is 0 Å². The maximum Gasteiger partial charge on any atom is 0.315 e. The summed E-state index contributed by atoms with van der Waals surface area (Å²) in [7, 11) is 1.71. The van der Waals surface area contributed by atoms with Gasteiger partial charge >= 0.3 is 6.03 Å². The summed E-state index contributed by atoms with van der Waals surface area (Å²) in [4.78, 5) is 16.1. The second-order valence-corrected chi connectivity index (χ2v) is 5.88. The fourth-order valence-electron chi connectivity index (χ4n) is 2.82. The summed E-state index contributed by atoms with van der Waals surface area (Å²) < 4.78 is 7.44. The van der Waals surface area contributed by atoms with Gasteiger partial charge < -0.3 is 19.9 Å². The van der Waals surface area contributed by atoms with Gasteiger partial charge in [-0.3, -0.25) is 0 Å². The van der Waals surface area contributed by atoms with Crippen LogP contribution in [0.3, 0.4) is 0 Å². The van der Waals surface area contributed by atoms with E-state index in [0.29, 0.717) is 13.1 Å². The second kappa shape index (κ2) is 6.83. The molecular formula is C17H22N4O2. The van der Waals surface area contributed by atoms with Crippen molar-refractivity contribution in [3.05, 3.63) is 48.5 Å². The maximum absolute atomic E-state index is 12.0. The molecule has 0 radical (unpaired) electrons. The van der Waals surface area contributed by atoms with E-state index in [1.807, 2.05) is 35.0 Å². The number of nitrogens with zero attached hydrogens (tertiary/aromatic N) is 2. The average molecular weight is 314 g/mol. The van der Waals surface area contributed by atoms with Gasteiger partial charge in [-0.05, 0) is 30.9 Å². The summed E-state index contributed by atoms with van der Waals surface area (Å²) in [5, 5.41) is 5.81. The lowest BCUT2D eigenvalue weighted by atomic mass is 9.80. The van der Waals surface area contributed by atoms with Gasteiger partial charge in [0.15, 0.2) is 0 Å². The first kappa shape index (κ1) is 15.6. The van der Waals surface area contributed by atoms with Crippen molar-refractivity contribution in [1.29, 1.82) is 0 Å². The highest BCUT2D eigenvalue weighted by atomic mass is 16.5. The molecule has 1 aliphatic carbocycles. The van der Waals surface area contributed by atoms with E-state index in [9.17, 15) is 4.79 Å². The number of para-hydroxylation sites is 1. The van der Waals surface area contributed by atoms with Crippen LogP contribution in [0.1, 0.15) is 24.8 Å². The number of urea groups is 1. The number of amides is 2. The van der Waals surface area contributed by atoms with Crippen LogP contribution in [0, 0.1) is 0 Å². The summed E-state index contributed by atoms with van der Waals surface area (Å²) in [6.07, 6.45) is 8.55. The number of hydrogen-bond donors (Lipinski definition) is 2. The number of hydrogen-bond acceptors (Lipinski definition) is 3. The number of nitrogens with one attached hydrogen (secondary N) is 2. The SMILES string of the molecule is COC1(CNC(=O)NCc2ccccc2-n2ccnc2)CCC1. The predicted molar refractivity (Wildman–Crippen MR) is 87.4 cm³/mol. The molecule has 2 N–H and O–H groups in total. The Kier molecular flexibility index (Phi) is 4.62. The van der Waals surface area contributed by atoms with Gasteiger partial charge in [-0.25, -0.2) is 9.78 Å². The molecule has 2 amide bonds. The number of imidazole rings is 1. The van der Waals surface area contributed by atoms with Crippen LogP contribution in [-0.2, 0) is 11.3 Å². The maximum atomic E-state index is 12.0. The first-order chi connectivity index (χ1) is 11.2. The molecule has 1 aromatic carbocycles. The standard InChI is InChI=1S/C17H22N4O2/c1-23-17(7-4-8-17)12-20-16(22)19-11-14-5-2-3-6-15(14)21-10-9-18-13-21/h2-3,5-6,9-10,13H,4,7-8,11-12H2,1H3,(H2,19,20,22). The molecule has 1 fully saturated rings. The zero-order chi connectivity index (χ0) is 16.1. The number of benzene rings is 1. The van der Waals surface area contributed by atoms with Crippen LogP contribution in [0.4, 0.5) is 4.79 Å². The zero-order valence-corrected chi connectivity index (χ0v) is 13.3. The minimum absolute atomic E-state index is 0.161. The third kappa shape index (κ3) is 3.53. The molecule has 122 valence electrons. The first-order valence-corrected chi connectivity index (χ1v) is 7.85. The van der Waals surface area contributed by atoms with Crippen molar-refractivity contribution in [1.82, 2.24) is 20.2 Å². The number of aromatic nitrogens is 2. The third-order valence-corrected chi connectivity index (χ3v) is 4.48. The summed E-state index contributed by atoms with van der Waals surface area (Å²) in [5.41, 5.74) is 1.88. The molecule has 23 heavy (non-hydrogen) atoms. The molecule has 1 aliphatic rings. The topological polar surface area (TPSA) is 68.2 Å². The van der Waals surface area contributed by atoms with Gasteiger partial charge in [0.1, 0.15) is 0 Å². The van der Waals surface area contributed by atoms with Crippen molar-refractivity contribution in [3.8, 4) is 5.69 Å². The Labute approximate surface area is 135 Å². The average Bonchev–Trinajstić information content (AvgIpc) is 3.07. The second-order valence-electron chi connectivity index (χ2n) is 5.88. The molecule has 3 rings (SSSR count). The molecule has 1 aromatic heterocycles. The van der Waals surface area contributed by atoms with Crippen molar-refractivity contribution < 1.29 is 9.53 Å². The van der Waals surface area contributed by atoms with Crippen LogP contribution in [-0.4, -0.2) is 34.8 Å². The highest BCUT2D eigenvalue weighted by molar-refractivity contribution is 5.74. The van der Waals surface area contributed by atoms with Gasteiger partial charge in [0.25, 0.3) is 0 Å². The smallest absolute Gasteiger partial charge is 0.315 e. The quantitative estimate of drug-likeness (QED) is 0.859. The fraction of sp³-hybridized carbons (Fsp3) is 0.412. The van der Waals surface area contributed by atoms with Crippen LogP contribution >= 0.6 is 0 Å². The largest absolute Gasteiger partial charge is 0.376 e. The van der Waals surface area contributed by atoms with E-state index in [4.69, 9.17) is 4.74 Å². The van der Waals surface area contributed by atoms with Crippen LogP contribution in [0.15, 0.2) is 43.0 Å². The number of methoxy groups -OCH3 is 1. The Morgan fingerprint density at radius 1 is 1.35 bits per heavy atom. The van der Waals surface area contributed by atoms with Crippen molar-refractivity contribution in [2.45, 2.75) is 31.4 Å². The minimum Gasteiger partial charge on any atom is -0.376 e. The van der Waals surface area contributed by atoms with Gasteiger partial charge in [-0.15, -0.1) is 0 Å². The van der Waals surface area contributed by atoms with Gasteiger partial charge in [0.05, 0.1) is 17.6 Å². The van der Waals surface area contributed by atoms with Crippen molar-refractivity contribution in [2.75, 3.05) is 13.7 Å². The lowest BCUT2D eigenvalue weighted by Gasteiger charge is -2.40. The molecule has 0 aliphatic heterocycles. The van der Waals surface area contributed by atoms with Crippen LogP contribution in [0.25, 0.3) is 5.69 Å². The van der Waals surface area contributed by atoms with Gasteiger partial charge in [-0.1, -0.05) is 18.2 Å². The van der Waals surface area contributed by atoms with E-state index in [1.165, 1.54) is 0 Å². The molecule has 0 atom stereocenters. The molecule has 1 heterocycles. The van der Waals surface area contributed by atoms with E-state index < -0.39 is 0 Å². The first-order valence-electron chi connectivity index (χ1n) is 7.85. The normalized spacial score (nSPS) is 15.7. The van der Waals surface area contributed by atoms with E-state index in [2.05, 4.69) is 15.6 Å². The lowest BCUT2D eigenvalue weighted by molar-refractivity contribution is -0.0673. The lowest BCUT2D eigenvalue weighted by Crippen LogP contribution is -2.51. The number of carbonyl (C=O) groups is 1. The summed E-state index contributed by atoms with van der Waals surface area (Å²) >= 11 is 0. The molecule has 1 saturated carbocycles. The molecular weight excluding hydrogens is 292 g/mol. The Morgan fingerprint density at radius 2 is 2.17 bits per heavy atom. The van der Waals surface area contributed by atoms with E-state index in [0.717, 1.165) is 30.5 Å². The van der Waals surface area contributed by atoms with Crippen LogP contribution in [0.5, 0.6) is 0 Å². The van der Waals surface area contributed by atoms with E-state index in [-0.39, 0.29) is 11.6 Å². The molecule has 6 nitrogen and oxygen atoms in total. The minimum atomic E-state index is -0.172. The molecule has 2 aromatic rings. The van der Waals surface area contributed by atoms with Crippen molar-refractivity contribution in [3.63, 3.8) is 0 Å².